The number of nitrogens with one attached hydrogen (secondary N) is 1. The first-order valence-electron chi connectivity index (χ1n) is 6.90. The number of aliphatic hydroxyl groups excluding tert-OH is 1. The molecule has 5 nitrogen and oxygen atoms in total. The molecule has 0 amide bonds. The Labute approximate surface area is 110 Å². The molecule has 1 unspecified atom stereocenters. The van der Waals surface area contributed by atoms with Gasteiger partial charge in [-0.15, -0.1) is 0 Å². The van der Waals surface area contributed by atoms with E-state index in [4.69, 9.17) is 4.74 Å². The van der Waals surface area contributed by atoms with Crippen molar-refractivity contribution in [1.82, 2.24) is 10.2 Å². The standard InChI is InChI=1S/C13H28N2O3/c1-4-15(5-2)9-7-8-14-11-12(16)10-13(17)18-6-3/h12,14,16H,4-11H2,1-3H3. The topological polar surface area (TPSA) is 61.8 Å². The number of aliphatic hydroxyl groups is 1. The molecule has 0 aromatic heterocycles. The van der Waals surface area contributed by atoms with Gasteiger partial charge in [0.05, 0.1) is 19.1 Å². The highest BCUT2D eigenvalue weighted by atomic mass is 16.5. The normalized spacial score (nSPS) is 12.7. The molecule has 0 radical (unpaired) electrons. The molecule has 0 bridgehead atoms. The van der Waals surface area contributed by atoms with Gasteiger partial charge >= 0.3 is 5.97 Å². The zero-order valence-electron chi connectivity index (χ0n) is 11.9. The quantitative estimate of drug-likeness (QED) is 0.421. The van der Waals surface area contributed by atoms with Crippen LogP contribution >= 0.6 is 0 Å². The highest BCUT2D eigenvalue weighted by Gasteiger charge is 2.10. The van der Waals surface area contributed by atoms with E-state index >= 15 is 0 Å². The molecule has 5 heteroatoms. The lowest BCUT2D eigenvalue weighted by Crippen LogP contribution is -2.32. The minimum absolute atomic E-state index is 0.0664. The fourth-order valence-electron chi connectivity index (χ4n) is 1.72. The van der Waals surface area contributed by atoms with Gasteiger partial charge in [0.1, 0.15) is 0 Å². The second-order valence-electron chi connectivity index (χ2n) is 4.25. The first kappa shape index (κ1) is 17.4. The van der Waals surface area contributed by atoms with Gasteiger partial charge in [0.15, 0.2) is 0 Å². The monoisotopic (exact) mass is 260 g/mol. The number of ether oxygens (including phenoxy) is 1. The number of rotatable bonds is 11. The lowest BCUT2D eigenvalue weighted by Gasteiger charge is -2.18. The average Bonchev–Trinajstić information content (AvgIpc) is 2.34. The molecule has 0 aliphatic carbocycles. The summed E-state index contributed by atoms with van der Waals surface area (Å²) < 4.78 is 4.77. The molecule has 0 saturated carbocycles. The summed E-state index contributed by atoms with van der Waals surface area (Å²) in [6, 6.07) is 0. The Hall–Kier alpha value is -0.650. The van der Waals surface area contributed by atoms with Crippen LogP contribution in [0.25, 0.3) is 0 Å². The molecule has 0 heterocycles. The number of hydrogen-bond acceptors (Lipinski definition) is 5. The molecular weight excluding hydrogens is 232 g/mol. The number of hydrogen-bond donors (Lipinski definition) is 2. The van der Waals surface area contributed by atoms with E-state index in [1.54, 1.807) is 6.92 Å². The van der Waals surface area contributed by atoms with Crippen LogP contribution in [0.4, 0.5) is 0 Å². The first-order chi connectivity index (χ1) is 8.63. The van der Waals surface area contributed by atoms with E-state index in [0.29, 0.717) is 13.2 Å². The summed E-state index contributed by atoms with van der Waals surface area (Å²) in [7, 11) is 0. The Bertz CT molecular complexity index is 208. The van der Waals surface area contributed by atoms with Crippen LogP contribution in [0.1, 0.15) is 33.6 Å². The van der Waals surface area contributed by atoms with E-state index in [-0.39, 0.29) is 12.4 Å². The van der Waals surface area contributed by atoms with Gasteiger partial charge < -0.3 is 20.1 Å². The van der Waals surface area contributed by atoms with Gasteiger partial charge in [0.25, 0.3) is 0 Å². The van der Waals surface area contributed by atoms with Crippen molar-refractivity contribution in [3.8, 4) is 0 Å². The summed E-state index contributed by atoms with van der Waals surface area (Å²) in [5.74, 6) is -0.338. The van der Waals surface area contributed by atoms with E-state index in [1.165, 1.54) is 0 Å². The number of carbonyl (C=O) groups excluding carboxylic acids is 1. The molecular formula is C13H28N2O3. The van der Waals surface area contributed by atoms with Gasteiger partial charge in [-0.1, -0.05) is 13.8 Å². The third-order valence-corrected chi connectivity index (χ3v) is 2.81. The van der Waals surface area contributed by atoms with Crippen LogP contribution in [0.2, 0.25) is 0 Å². The van der Waals surface area contributed by atoms with Crippen LogP contribution in [0.3, 0.4) is 0 Å². The SMILES string of the molecule is CCOC(=O)CC(O)CNCCCN(CC)CC. The summed E-state index contributed by atoms with van der Waals surface area (Å²) >= 11 is 0. The lowest BCUT2D eigenvalue weighted by molar-refractivity contribution is -0.145. The third kappa shape index (κ3) is 9.39. The fourth-order valence-corrected chi connectivity index (χ4v) is 1.72. The molecule has 0 aliphatic heterocycles. The van der Waals surface area contributed by atoms with E-state index in [2.05, 4.69) is 24.1 Å². The highest BCUT2D eigenvalue weighted by molar-refractivity contribution is 5.69. The van der Waals surface area contributed by atoms with Gasteiger partial charge in [-0.3, -0.25) is 4.79 Å². The highest BCUT2D eigenvalue weighted by Crippen LogP contribution is 1.94. The minimum atomic E-state index is -0.655. The van der Waals surface area contributed by atoms with Crippen molar-refractivity contribution in [1.29, 1.82) is 0 Å². The number of carbonyl (C=O) groups is 1. The first-order valence-corrected chi connectivity index (χ1v) is 6.90. The van der Waals surface area contributed by atoms with E-state index < -0.39 is 6.10 Å². The van der Waals surface area contributed by atoms with Crippen LogP contribution in [-0.2, 0) is 9.53 Å². The Morgan fingerprint density at radius 3 is 2.56 bits per heavy atom. The summed E-state index contributed by atoms with van der Waals surface area (Å²) in [6.45, 7) is 10.9. The largest absolute Gasteiger partial charge is 0.466 e. The van der Waals surface area contributed by atoms with Gasteiger partial charge in [-0.2, -0.15) is 0 Å². The number of esters is 1. The summed E-state index contributed by atoms with van der Waals surface area (Å²) in [5, 5.41) is 12.7. The van der Waals surface area contributed by atoms with Crippen molar-refractivity contribution in [2.45, 2.75) is 39.7 Å². The van der Waals surface area contributed by atoms with Crippen molar-refractivity contribution < 1.29 is 14.6 Å². The zero-order valence-corrected chi connectivity index (χ0v) is 11.9. The second kappa shape index (κ2) is 11.4. The Morgan fingerprint density at radius 1 is 1.33 bits per heavy atom. The molecule has 0 aliphatic rings. The summed E-state index contributed by atoms with van der Waals surface area (Å²) in [5.41, 5.74) is 0. The van der Waals surface area contributed by atoms with Crippen molar-refractivity contribution in [3.05, 3.63) is 0 Å². The molecule has 0 aromatic rings. The molecule has 0 spiro atoms. The van der Waals surface area contributed by atoms with Gasteiger partial charge in [-0.05, 0) is 39.5 Å². The van der Waals surface area contributed by atoms with Crippen molar-refractivity contribution in [2.75, 3.05) is 39.3 Å². The lowest BCUT2D eigenvalue weighted by atomic mass is 10.2. The van der Waals surface area contributed by atoms with Crippen molar-refractivity contribution in [3.63, 3.8) is 0 Å². The van der Waals surface area contributed by atoms with E-state index in [0.717, 1.165) is 32.6 Å². The van der Waals surface area contributed by atoms with Crippen LogP contribution in [-0.4, -0.2) is 61.4 Å². The minimum Gasteiger partial charge on any atom is -0.466 e. The summed E-state index contributed by atoms with van der Waals surface area (Å²) in [4.78, 5) is 13.5. The fraction of sp³-hybridized carbons (Fsp3) is 0.923. The smallest absolute Gasteiger partial charge is 0.308 e. The number of nitrogens with zero attached hydrogens (tertiary/aromatic N) is 1. The zero-order chi connectivity index (χ0) is 13.8. The van der Waals surface area contributed by atoms with E-state index in [9.17, 15) is 9.90 Å². The van der Waals surface area contributed by atoms with Gasteiger partial charge in [0, 0.05) is 6.54 Å². The molecule has 0 saturated heterocycles. The average molecular weight is 260 g/mol. The van der Waals surface area contributed by atoms with Crippen molar-refractivity contribution >= 4 is 5.97 Å². The molecule has 0 fully saturated rings. The third-order valence-electron chi connectivity index (χ3n) is 2.81. The molecule has 0 rings (SSSR count). The Morgan fingerprint density at radius 2 is 2.00 bits per heavy atom. The van der Waals surface area contributed by atoms with Crippen LogP contribution in [0.15, 0.2) is 0 Å². The maximum Gasteiger partial charge on any atom is 0.308 e. The predicted molar refractivity (Wildman–Crippen MR) is 72.5 cm³/mol. The Kier molecular flexibility index (Phi) is 11.0. The maximum absolute atomic E-state index is 11.1. The Balaban J connectivity index is 3.45. The summed E-state index contributed by atoms with van der Waals surface area (Å²) in [6.07, 6.45) is 0.461. The van der Waals surface area contributed by atoms with Crippen molar-refractivity contribution in [2.24, 2.45) is 0 Å². The van der Waals surface area contributed by atoms with Crippen LogP contribution in [0, 0.1) is 0 Å². The second-order valence-corrected chi connectivity index (χ2v) is 4.25. The molecule has 0 aromatic carbocycles. The van der Waals surface area contributed by atoms with Crippen LogP contribution in [0.5, 0.6) is 0 Å². The van der Waals surface area contributed by atoms with Crippen LogP contribution < -0.4 is 5.32 Å². The maximum atomic E-state index is 11.1. The van der Waals surface area contributed by atoms with Gasteiger partial charge in [0.2, 0.25) is 0 Å². The van der Waals surface area contributed by atoms with E-state index in [1.807, 2.05) is 0 Å². The molecule has 108 valence electrons. The van der Waals surface area contributed by atoms with Gasteiger partial charge in [-0.25, -0.2) is 0 Å². The molecule has 18 heavy (non-hydrogen) atoms. The molecule has 1 atom stereocenters. The molecule has 2 N–H and O–H groups in total. The predicted octanol–water partition coefficient (Wildman–Crippen LogP) is 0.622.